The number of ether oxygens (including phenoxy) is 1. The van der Waals surface area contributed by atoms with Crippen molar-refractivity contribution in [2.24, 2.45) is 0 Å². The highest BCUT2D eigenvalue weighted by molar-refractivity contribution is 7.90. The molecule has 1 N–H and O–H groups in total. The van der Waals surface area contributed by atoms with Crippen LogP contribution in [0, 0.1) is 0 Å². The average Bonchev–Trinajstić information content (AvgIpc) is 3.31. The highest BCUT2D eigenvalue weighted by atomic mass is 32.2. The van der Waals surface area contributed by atoms with E-state index in [1.807, 2.05) is 37.3 Å². The van der Waals surface area contributed by atoms with Gasteiger partial charge in [-0.25, -0.2) is 14.5 Å². The number of hydrogen-bond acceptors (Lipinski definition) is 6. The lowest BCUT2D eigenvalue weighted by Gasteiger charge is -2.16. The summed E-state index contributed by atoms with van der Waals surface area (Å²) in [5.41, 5.74) is -1.27. The molecule has 0 bridgehead atoms. The standard InChI is InChI=1S/C30H31F3N4O5S/c1-4-6-11-27-34-24-18-22(36(3)28(38)5-2)16-17-25(24)37(27)19-20-12-14-21(15-13-20)23-9-7-8-10-26(23)42-29(39)35-43(40,41)30(31,32)33/h7-10,12-18H,4-6,11,19H2,1-3H3,(H,35,39). The predicted molar refractivity (Wildman–Crippen MR) is 157 cm³/mol. The first-order valence-corrected chi connectivity index (χ1v) is 15.1. The summed E-state index contributed by atoms with van der Waals surface area (Å²) < 4.78 is 68.4. The summed E-state index contributed by atoms with van der Waals surface area (Å²) in [5.74, 6) is 0.806. The summed E-state index contributed by atoms with van der Waals surface area (Å²) in [5, 5.41) is 0. The van der Waals surface area contributed by atoms with Gasteiger partial charge in [-0.2, -0.15) is 21.6 Å². The largest absolute Gasteiger partial charge is 0.516 e. The van der Waals surface area contributed by atoms with Crippen molar-refractivity contribution in [3.05, 3.63) is 78.1 Å². The minimum Gasteiger partial charge on any atom is -0.409 e. The van der Waals surface area contributed by atoms with E-state index in [-0.39, 0.29) is 11.7 Å². The van der Waals surface area contributed by atoms with Gasteiger partial charge in [0, 0.05) is 37.7 Å². The molecule has 0 saturated heterocycles. The number of imidazole rings is 1. The molecule has 0 fully saturated rings. The van der Waals surface area contributed by atoms with E-state index < -0.39 is 21.6 Å². The summed E-state index contributed by atoms with van der Waals surface area (Å²) in [6, 6.07) is 19.2. The van der Waals surface area contributed by atoms with Crippen LogP contribution >= 0.6 is 0 Å². The molecule has 1 aromatic heterocycles. The van der Waals surface area contributed by atoms with E-state index in [0.29, 0.717) is 24.1 Å². The number of nitrogens with one attached hydrogen (secondary N) is 1. The number of carbonyl (C=O) groups is 2. The lowest BCUT2D eigenvalue weighted by atomic mass is 10.0. The fraction of sp³-hybridized carbons (Fsp3) is 0.300. The number of anilines is 1. The third-order valence-electron chi connectivity index (χ3n) is 6.85. The van der Waals surface area contributed by atoms with Crippen molar-refractivity contribution in [3.8, 4) is 16.9 Å². The zero-order valence-electron chi connectivity index (χ0n) is 23.8. The smallest absolute Gasteiger partial charge is 0.409 e. The van der Waals surface area contributed by atoms with Crippen LogP contribution in [-0.2, 0) is 27.8 Å². The number of alkyl halides is 3. The molecule has 1 heterocycles. The van der Waals surface area contributed by atoms with Gasteiger partial charge in [-0.05, 0) is 41.8 Å². The van der Waals surface area contributed by atoms with E-state index in [1.54, 1.807) is 36.2 Å². The number of unbranched alkanes of at least 4 members (excludes halogenated alkanes) is 1. The Morgan fingerprint density at radius 1 is 1.02 bits per heavy atom. The van der Waals surface area contributed by atoms with E-state index in [9.17, 15) is 31.2 Å². The summed E-state index contributed by atoms with van der Waals surface area (Å²) in [4.78, 5) is 30.7. The number of carbonyl (C=O) groups excluding carboxylic acids is 2. The van der Waals surface area contributed by atoms with Gasteiger partial charge in [0.2, 0.25) is 5.91 Å². The first-order valence-electron chi connectivity index (χ1n) is 13.6. The third kappa shape index (κ3) is 7.16. The molecule has 0 aliphatic heterocycles. The molecular weight excluding hydrogens is 585 g/mol. The Morgan fingerprint density at radius 3 is 2.37 bits per heavy atom. The Hall–Kier alpha value is -4.39. The number of fused-ring (bicyclic) bond motifs is 1. The van der Waals surface area contributed by atoms with Crippen molar-refractivity contribution in [1.29, 1.82) is 0 Å². The van der Waals surface area contributed by atoms with Crippen molar-refractivity contribution in [2.45, 2.75) is 51.6 Å². The van der Waals surface area contributed by atoms with Crippen LogP contribution < -0.4 is 14.4 Å². The first kappa shape index (κ1) is 31.5. The van der Waals surface area contributed by atoms with Crippen LogP contribution in [0.15, 0.2) is 66.7 Å². The number of para-hydroxylation sites is 1. The van der Waals surface area contributed by atoms with Crippen molar-refractivity contribution >= 4 is 38.7 Å². The van der Waals surface area contributed by atoms with Crippen molar-refractivity contribution in [3.63, 3.8) is 0 Å². The molecule has 0 atom stereocenters. The average molecular weight is 617 g/mol. The summed E-state index contributed by atoms with van der Waals surface area (Å²) in [6.45, 7) is 4.43. The maximum absolute atomic E-state index is 12.6. The van der Waals surface area contributed by atoms with Crippen molar-refractivity contribution < 1.29 is 35.9 Å². The second kappa shape index (κ2) is 12.9. The van der Waals surface area contributed by atoms with E-state index in [1.165, 1.54) is 12.1 Å². The molecule has 9 nitrogen and oxygen atoms in total. The second-order valence-electron chi connectivity index (χ2n) is 9.83. The molecular formula is C30H31F3N4O5S. The number of amides is 2. The normalized spacial score (nSPS) is 11.9. The topological polar surface area (TPSA) is 111 Å². The van der Waals surface area contributed by atoms with Gasteiger partial charge in [0.25, 0.3) is 0 Å². The number of rotatable bonds is 10. The molecule has 0 aliphatic carbocycles. The monoisotopic (exact) mass is 616 g/mol. The summed E-state index contributed by atoms with van der Waals surface area (Å²) >= 11 is 0. The molecule has 4 rings (SSSR count). The number of benzene rings is 3. The number of aromatic nitrogens is 2. The van der Waals surface area contributed by atoms with Gasteiger partial charge in [-0.3, -0.25) is 4.79 Å². The fourth-order valence-corrected chi connectivity index (χ4v) is 4.89. The number of halogens is 3. The molecule has 3 aromatic carbocycles. The Labute approximate surface area is 247 Å². The SMILES string of the molecule is CCCCc1nc2cc(N(C)C(=O)CC)ccc2n1Cc1ccc(-c2ccccc2OC(=O)NS(=O)(=O)C(F)(F)F)cc1. The predicted octanol–water partition coefficient (Wildman–Crippen LogP) is 6.41. The van der Waals surface area contributed by atoms with Crippen LogP contribution in [0.5, 0.6) is 5.75 Å². The molecule has 13 heteroatoms. The maximum Gasteiger partial charge on any atom is 0.516 e. The van der Waals surface area contributed by atoms with Gasteiger partial charge in [-0.15, -0.1) is 0 Å². The molecule has 0 aliphatic rings. The van der Waals surface area contributed by atoms with Crippen LogP contribution in [-0.4, -0.2) is 42.5 Å². The lowest BCUT2D eigenvalue weighted by molar-refractivity contribution is -0.118. The molecule has 0 radical (unpaired) electrons. The van der Waals surface area contributed by atoms with E-state index >= 15 is 0 Å². The molecule has 0 unspecified atom stereocenters. The van der Waals surface area contributed by atoms with Crippen LogP contribution in [0.3, 0.4) is 0 Å². The van der Waals surface area contributed by atoms with Gasteiger partial charge < -0.3 is 14.2 Å². The highest BCUT2D eigenvalue weighted by Gasteiger charge is 2.47. The Balaban J connectivity index is 1.59. The van der Waals surface area contributed by atoms with Gasteiger partial charge in [0.15, 0.2) is 0 Å². The van der Waals surface area contributed by atoms with E-state index in [0.717, 1.165) is 52.1 Å². The first-order chi connectivity index (χ1) is 20.3. The number of aryl methyl sites for hydroxylation is 1. The highest BCUT2D eigenvalue weighted by Crippen LogP contribution is 2.31. The van der Waals surface area contributed by atoms with Gasteiger partial charge >= 0.3 is 21.6 Å². The van der Waals surface area contributed by atoms with Crippen molar-refractivity contribution in [2.75, 3.05) is 11.9 Å². The maximum atomic E-state index is 12.6. The molecule has 4 aromatic rings. The molecule has 0 spiro atoms. The molecule has 0 saturated carbocycles. The van der Waals surface area contributed by atoms with Crippen LogP contribution in [0.2, 0.25) is 0 Å². The molecule has 43 heavy (non-hydrogen) atoms. The lowest BCUT2D eigenvalue weighted by Crippen LogP contribution is -2.41. The van der Waals surface area contributed by atoms with Crippen LogP contribution in [0.25, 0.3) is 22.2 Å². The zero-order chi connectivity index (χ0) is 31.4. The zero-order valence-corrected chi connectivity index (χ0v) is 24.6. The Kier molecular flexibility index (Phi) is 9.43. The summed E-state index contributed by atoms with van der Waals surface area (Å²) in [7, 11) is -4.17. The van der Waals surface area contributed by atoms with Gasteiger partial charge in [0.1, 0.15) is 11.6 Å². The summed E-state index contributed by atoms with van der Waals surface area (Å²) in [6.07, 6.45) is 1.35. The third-order valence-corrected chi connectivity index (χ3v) is 7.89. The van der Waals surface area contributed by atoms with Gasteiger partial charge in [0.05, 0.1) is 11.0 Å². The minimum atomic E-state index is -5.91. The minimum absolute atomic E-state index is 0.00372. The molecule has 228 valence electrons. The number of nitrogens with zero attached hydrogens (tertiary/aromatic N) is 3. The number of sulfonamides is 1. The van der Waals surface area contributed by atoms with E-state index in [2.05, 4.69) is 11.5 Å². The quantitative estimate of drug-likeness (QED) is 0.221. The van der Waals surface area contributed by atoms with E-state index in [4.69, 9.17) is 9.72 Å². The fourth-order valence-electron chi connectivity index (χ4n) is 4.51. The van der Waals surface area contributed by atoms with Gasteiger partial charge in [-0.1, -0.05) is 62.7 Å². The number of hydrogen-bond donors (Lipinski definition) is 1. The second-order valence-corrected chi connectivity index (χ2v) is 11.5. The molecule has 2 amide bonds. The van der Waals surface area contributed by atoms with Crippen molar-refractivity contribution in [1.82, 2.24) is 14.3 Å². The van der Waals surface area contributed by atoms with Crippen LogP contribution in [0.4, 0.5) is 23.7 Å². The van der Waals surface area contributed by atoms with Crippen LogP contribution in [0.1, 0.15) is 44.5 Å². The Morgan fingerprint density at radius 2 is 1.72 bits per heavy atom. The Bertz CT molecular complexity index is 1740.